The Morgan fingerprint density at radius 1 is 1.07 bits per heavy atom. The van der Waals surface area contributed by atoms with Crippen molar-refractivity contribution in [2.75, 3.05) is 18.5 Å². The SMILES string of the molecule is CCCCCCCCOC(=O)c1cc(NCCCC)c(F)c(S(N)(=O)=O)c1. The Hall–Kier alpha value is -1.67. The largest absolute Gasteiger partial charge is 0.462 e. The standard InChI is InChI=1S/C19H31FN2O4S/c1-3-5-7-8-9-10-12-26-19(23)15-13-16(22-11-6-4-2)18(20)17(14-15)27(21,24)25/h13-14,22H,3-12H2,1-2H3,(H2,21,24,25). The van der Waals surface area contributed by atoms with Crippen LogP contribution in [-0.2, 0) is 14.8 Å². The van der Waals surface area contributed by atoms with Gasteiger partial charge in [-0.2, -0.15) is 0 Å². The zero-order chi connectivity index (χ0) is 20.3. The van der Waals surface area contributed by atoms with Crippen molar-refractivity contribution in [3.05, 3.63) is 23.5 Å². The number of anilines is 1. The first-order chi connectivity index (χ1) is 12.8. The third kappa shape index (κ3) is 8.26. The normalized spacial score (nSPS) is 11.4. The van der Waals surface area contributed by atoms with Crippen LogP contribution in [0.25, 0.3) is 0 Å². The van der Waals surface area contributed by atoms with Gasteiger partial charge in [-0.15, -0.1) is 0 Å². The average molecular weight is 403 g/mol. The van der Waals surface area contributed by atoms with Crippen LogP contribution < -0.4 is 10.5 Å². The van der Waals surface area contributed by atoms with Crippen molar-refractivity contribution in [2.45, 2.75) is 70.1 Å². The monoisotopic (exact) mass is 402 g/mol. The Kier molecular flexibility index (Phi) is 10.3. The molecule has 0 fully saturated rings. The van der Waals surface area contributed by atoms with Gasteiger partial charge in [-0.3, -0.25) is 0 Å². The number of hydrogen-bond donors (Lipinski definition) is 2. The smallest absolute Gasteiger partial charge is 0.338 e. The molecule has 0 atom stereocenters. The summed E-state index contributed by atoms with van der Waals surface area (Å²) in [5.74, 6) is -1.67. The van der Waals surface area contributed by atoms with E-state index in [-0.39, 0.29) is 17.9 Å². The third-order valence-electron chi connectivity index (χ3n) is 4.16. The minimum Gasteiger partial charge on any atom is -0.462 e. The van der Waals surface area contributed by atoms with E-state index in [4.69, 9.17) is 9.88 Å². The summed E-state index contributed by atoms with van der Waals surface area (Å²) in [6.45, 7) is 4.81. The van der Waals surface area contributed by atoms with Crippen LogP contribution in [-0.4, -0.2) is 27.5 Å². The summed E-state index contributed by atoms with van der Waals surface area (Å²) in [6.07, 6.45) is 7.97. The second kappa shape index (κ2) is 11.9. The van der Waals surface area contributed by atoms with Crippen LogP contribution in [0.1, 0.15) is 75.6 Å². The molecular weight excluding hydrogens is 371 g/mol. The molecule has 3 N–H and O–H groups in total. The van der Waals surface area contributed by atoms with Crippen LogP contribution in [0.5, 0.6) is 0 Å². The fraction of sp³-hybridized carbons (Fsp3) is 0.632. The zero-order valence-corrected chi connectivity index (χ0v) is 17.0. The summed E-state index contributed by atoms with van der Waals surface area (Å²) in [4.78, 5) is 11.5. The molecule has 6 nitrogen and oxygen atoms in total. The van der Waals surface area contributed by atoms with Crippen LogP contribution in [0.3, 0.4) is 0 Å². The molecule has 0 aliphatic heterocycles. The van der Waals surface area contributed by atoms with Crippen molar-refractivity contribution in [3.63, 3.8) is 0 Å². The van der Waals surface area contributed by atoms with Gasteiger partial charge in [0.1, 0.15) is 4.90 Å². The van der Waals surface area contributed by atoms with Gasteiger partial charge < -0.3 is 10.1 Å². The van der Waals surface area contributed by atoms with E-state index in [1.807, 2.05) is 6.92 Å². The molecule has 0 unspecified atom stereocenters. The van der Waals surface area contributed by atoms with Crippen molar-refractivity contribution in [3.8, 4) is 0 Å². The molecule has 0 amide bonds. The first-order valence-corrected chi connectivity index (χ1v) is 11.1. The third-order valence-corrected chi connectivity index (χ3v) is 5.07. The summed E-state index contributed by atoms with van der Waals surface area (Å²) >= 11 is 0. The number of nitrogens with one attached hydrogen (secondary N) is 1. The van der Waals surface area contributed by atoms with Crippen LogP contribution in [0, 0.1) is 5.82 Å². The Bertz CT molecular complexity index is 708. The highest BCUT2D eigenvalue weighted by molar-refractivity contribution is 7.89. The van der Waals surface area contributed by atoms with Crippen molar-refractivity contribution in [1.29, 1.82) is 0 Å². The molecule has 1 rings (SSSR count). The number of halogens is 1. The lowest BCUT2D eigenvalue weighted by Gasteiger charge is -2.12. The molecule has 0 bridgehead atoms. The highest BCUT2D eigenvalue weighted by Crippen LogP contribution is 2.25. The van der Waals surface area contributed by atoms with Gasteiger partial charge in [0.2, 0.25) is 10.0 Å². The minimum absolute atomic E-state index is 0.0367. The van der Waals surface area contributed by atoms with Crippen LogP contribution in [0.15, 0.2) is 17.0 Å². The Morgan fingerprint density at radius 3 is 2.33 bits per heavy atom. The summed E-state index contributed by atoms with van der Waals surface area (Å²) in [5.41, 5.74) is -0.105. The average Bonchev–Trinajstić information content (AvgIpc) is 2.61. The number of benzene rings is 1. The molecule has 154 valence electrons. The fourth-order valence-corrected chi connectivity index (χ4v) is 3.23. The van der Waals surface area contributed by atoms with E-state index in [0.717, 1.165) is 44.6 Å². The van der Waals surface area contributed by atoms with E-state index in [1.54, 1.807) is 0 Å². The molecular formula is C19H31FN2O4S. The number of esters is 1. The molecule has 0 spiro atoms. The lowest BCUT2D eigenvalue weighted by atomic mass is 10.1. The maximum absolute atomic E-state index is 14.4. The van der Waals surface area contributed by atoms with Gasteiger partial charge in [-0.05, 0) is 25.0 Å². The molecule has 8 heteroatoms. The highest BCUT2D eigenvalue weighted by atomic mass is 32.2. The fourth-order valence-electron chi connectivity index (χ4n) is 2.58. The Balaban J connectivity index is 2.79. The number of nitrogens with two attached hydrogens (primary N) is 1. The molecule has 0 heterocycles. The zero-order valence-electron chi connectivity index (χ0n) is 16.2. The van der Waals surface area contributed by atoms with Crippen molar-refractivity contribution < 1.29 is 22.3 Å². The van der Waals surface area contributed by atoms with Gasteiger partial charge in [0.15, 0.2) is 5.82 Å². The number of sulfonamides is 1. The van der Waals surface area contributed by atoms with E-state index < -0.39 is 26.7 Å². The molecule has 0 aliphatic rings. The van der Waals surface area contributed by atoms with Gasteiger partial charge in [-0.25, -0.2) is 22.7 Å². The van der Waals surface area contributed by atoms with Gasteiger partial charge >= 0.3 is 5.97 Å². The van der Waals surface area contributed by atoms with Gasteiger partial charge in [0, 0.05) is 6.54 Å². The molecule has 0 aromatic heterocycles. The first kappa shape index (κ1) is 23.4. The minimum atomic E-state index is -4.30. The number of rotatable bonds is 13. The van der Waals surface area contributed by atoms with E-state index in [1.165, 1.54) is 18.9 Å². The molecule has 1 aromatic carbocycles. The molecule has 27 heavy (non-hydrogen) atoms. The predicted molar refractivity (Wildman–Crippen MR) is 105 cm³/mol. The number of primary sulfonamides is 1. The second-order valence-electron chi connectivity index (χ2n) is 6.56. The highest BCUT2D eigenvalue weighted by Gasteiger charge is 2.22. The molecule has 0 saturated carbocycles. The summed E-state index contributed by atoms with van der Waals surface area (Å²) < 4.78 is 42.9. The van der Waals surface area contributed by atoms with E-state index in [2.05, 4.69) is 12.2 Å². The topological polar surface area (TPSA) is 98.5 Å². The van der Waals surface area contributed by atoms with E-state index in [9.17, 15) is 17.6 Å². The summed E-state index contributed by atoms with van der Waals surface area (Å²) in [7, 11) is -4.30. The molecule has 0 radical (unpaired) electrons. The van der Waals surface area contributed by atoms with Gasteiger partial charge in [0.25, 0.3) is 0 Å². The number of carbonyl (C=O) groups is 1. The van der Waals surface area contributed by atoms with Gasteiger partial charge in [0.05, 0.1) is 17.9 Å². The lowest BCUT2D eigenvalue weighted by molar-refractivity contribution is 0.0497. The number of carbonyl (C=O) groups excluding carboxylic acids is 1. The second-order valence-corrected chi connectivity index (χ2v) is 8.09. The molecule has 1 aromatic rings. The maximum atomic E-state index is 14.4. The van der Waals surface area contributed by atoms with Crippen LogP contribution in [0.2, 0.25) is 0 Å². The van der Waals surface area contributed by atoms with E-state index in [0.29, 0.717) is 6.54 Å². The quantitative estimate of drug-likeness (QED) is 0.380. The Morgan fingerprint density at radius 2 is 1.70 bits per heavy atom. The first-order valence-electron chi connectivity index (χ1n) is 9.58. The molecule has 0 saturated heterocycles. The predicted octanol–water partition coefficient (Wildman–Crippen LogP) is 4.20. The maximum Gasteiger partial charge on any atom is 0.338 e. The van der Waals surface area contributed by atoms with Crippen LogP contribution >= 0.6 is 0 Å². The Labute approximate surface area is 161 Å². The number of ether oxygens (including phenoxy) is 1. The lowest BCUT2D eigenvalue weighted by Crippen LogP contribution is -2.18. The molecule has 0 aliphatic carbocycles. The van der Waals surface area contributed by atoms with Crippen molar-refractivity contribution >= 4 is 21.7 Å². The van der Waals surface area contributed by atoms with Gasteiger partial charge in [-0.1, -0.05) is 52.4 Å². The van der Waals surface area contributed by atoms with Crippen LogP contribution in [0.4, 0.5) is 10.1 Å². The summed E-state index contributed by atoms with van der Waals surface area (Å²) in [5, 5.41) is 7.90. The number of hydrogen-bond acceptors (Lipinski definition) is 5. The number of unbranched alkanes of at least 4 members (excludes halogenated alkanes) is 6. The van der Waals surface area contributed by atoms with Crippen molar-refractivity contribution in [1.82, 2.24) is 0 Å². The van der Waals surface area contributed by atoms with Crippen molar-refractivity contribution in [2.24, 2.45) is 5.14 Å². The van der Waals surface area contributed by atoms with E-state index >= 15 is 0 Å². The summed E-state index contributed by atoms with van der Waals surface area (Å²) in [6, 6.07) is 2.20.